The maximum Gasteiger partial charge on any atom is 0.250 e. The topological polar surface area (TPSA) is 94.1 Å². The van der Waals surface area contributed by atoms with Gasteiger partial charge in [-0.25, -0.2) is 0 Å². The fraction of sp³-hybridized carbons (Fsp3) is 0.333. The molecule has 1 aromatic rings. The third-order valence-electron chi connectivity index (χ3n) is 3.38. The van der Waals surface area contributed by atoms with Crippen molar-refractivity contribution in [3.63, 3.8) is 0 Å². The summed E-state index contributed by atoms with van der Waals surface area (Å²) in [7, 11) is 2.94. The molecule has 1 amide bonds. The lowest BCUT2D eigenvalue weighted by Gasteiger charge is -2.25. The van der Waals surface area contributed by atoms with Crippen LogP contribution < -0.4 is 14.8 Å². The first-order chi connectivity index (χ1) is 10.3. The molecule has 0 bridgehead atoms. The molecule has 2 N–H and O–H groups in total. The van der Waals surface area contributed by atoms with E-state index in [1.54, 1.807) is 18.2 Å². The van der Waals surface area contributed by atoms with E-state index in [0.29, 0.717) is 17.1 Å². The minimum Gasteiger partial charge on any atom is -0.501 e. The van der Waals surface area contributed by atoms with Crippen LogP contribution in [-0.4, -0.2) is 31.0 Å². The molecule has 7 heteroatoms. The number of rotatable bonds is 4. The van der Waals surface area contributed by atoms with Crippen LogP contribution in [0.15, 0.2) is 29.8 Å². The first-order valence-corrected chi connectivity index (χ1v) is 6.50. The van der Waals surface area contributed by atoms with E-state index in [0.717, 1.165) is 0 Å². The van der Waals surface area contributed by atoms with Crippen LogP contribution in [0.5, 0.6) is 11.5 Å². The average Bonchev–Trinajstić information content (AvgIpc) is 2.71. The van der Waals surface area contributed by atoms with Gasteiger partial charge in [-0.05, 0) is 25.1 Å². The van der Waals surface area contributed by atoms with Crippen molar-refractivity contribution in [3.05, 3.63) is 35.4 Å². The summed E-state index contributed by atoms with van der Waals surface area (Å²) in [6.07, 6.45) is 0. The van der Waals surface area contributed by atoms with Crippen molar-refractivity contribution in [2.45, 2.75) is 19.4 Å². The molecule has 118 valence electrons. The number of aliphatic hydroxyl groups is 1. The Morgan fingerprint density at radius 3 is 2.55 bits per heavy atom. The van der Waals surface area contributed by atoms with Gasteiger partial charge in [0, 0.05) is 12.5 Å². The maximum atomic E-state index is 12.4. The molecule has 0 saturated heterocycles. The standard InChI is InChI=1S/C15H17NO6/c1-8(17)16-14-12(18)13(19)15(2,22-14)10-7-9(20-3)5-6-11(10)21-4/h5-7,18H,1-4H3,(H,16,17). The van der Waals surface area contributed by atoms with Gasteiger partial charge in [-0.3, -0.25) is 14.9 Å². The second-order valence-corrected chi connectivity index (χ2v) is 4.89. The summed E-state index contributed by atoms with van der Waals surface area (Å²) in [6, 6.07) is 4.89. The molecule has 0 spiro atoms. The Bertz CT molecular complexity index is 666. The highest BCUT2D eigenvalue weighted by Gasteiger charge is 2.49. The molecule has 2 rings (SSSR count). The molecule has 1 unspecified atom stereocenters. The molecule has 7 nitrogen and oxygen atoms in total. The molecule has 0 radical (unpaired) electrons. The molecule has 1 aliphatic rings. The van der Waals surface area contributed by atoms with Crippen molar-refractivity contribution < 1.29 is 28.9 Å². The Hall–Kier alpha value is -2.70. The molecule has 0 aliphatic carbocycles. The number of carbonyl (C=O) groups is 2. The van der Waals surface area contributed by atoms with Crippen LogP contribution in [0.25, 0.3) is 0 Å². The summed E-state index contributed by atoms with van der Waals surface area (Å²) < 4.78 is 15.9. The number of nitrogens with one attached hydrogen (secondary N) is 1. The zero-order valence-electron chi connectivity index (χ0n) is 12.7. The minimum atomic E-state index is -1.53. The number of hydrogen-bond acceptors (Lipinski definition) is 6. The van der Waals surface area contributed by atoms with Crippen LogP contribution in [-0.2, 0) is 19.9 Å². The highest BCUT2D eigenvalue weighted by atomic mass is 16.5. The van der Waals surface area contributed by atoms with Gasteiger partial charge in [0.05, 0.1) is 14.2 Å². The summed E-state index contributed by atoms with van der Waals surface area (Å²) in [5.41, 5.74) is -1.15. The number of Topliss-reactive ketones (excluding diaryl/α,β-unsaturated/α-hetero) is 1. The second kappa shape index (κ2) is 5.59. The fourth-order valence-corrected chi connectivity index (χ4v) is 2.24. The van der Waals surface area contributed by atoms with Crippen molar-refractivity contribution in [3.8, 4) is 11.5 Å². The molecule has 0 fully saturated rings. The molecular weight excluding hydrogens is 290 g/mol. The number of ether oxygens (including phenoxy) is 3. The average molecular weight is 307 g/mol. The molecule has 0 saturated carbocycles. The van der Waals surface area contributed by atoms with Crippen molar-refractivity contribution in [1.29, 1.82) is 0 Å². The largest absolute Gasteiger partial charge is 0.501 e. The van der Waals surface area contributed by atoms with Gasteiger partial charge in [0.25, 0.3) is 5.78 Å². The van der Waals surface area contributed by atoms with E-state index in [4.69, 9.17) is 14.2 Å². The second-order valence-electron chi connectivity index (χ2n) is 4.89. The predicted octanol–water partition coefficient (Wildman–Crippen LogP) is 1.38. The number of methoxy groups -OCH3 is 2. The molecule has 1 aliphatic heterocycles. The van der Waals surface area contributed by atoms with Gasteiger partial charge in [0.2, 0.25) is 23.2 Å². The van der Waals surface area contributed by atoms with Crippen LogP contribution >= 0.6 is 0 Å². The molecule has 0 aromatic heterocycles. The third-order valence-corrected chi connectivity index (χ3v) is 3.38. The van der Waals surface area contributed by atoms with Crippen LogP contribution in [0.1, 0.15) is 19.4 Å². The summed E-state index contributed by atoms with van der Waals surface area (Å²) in [5, 5.41) is 12.2. The summed E-state index contributed by atoms with van der Waals surface area (Å²) in [4.78, 5) is 23.5. The highest BCUT2D eigenvalue weighted by Crippen LogP contribution is 2.42. The van der Waals surface area contributed by atoms with E-state index < -0.39 is 23.1 Å². The Morgan fingerprint density at radius 1 is 1.32 bits per heavy atom. The number of carbonyl (C=O) groups excluding carboxylic acids is 2. The Labute approximate surface area is 127 Å². The lowest BCUT2D eigenvalue weighted by atomic mass is 9.90. The van der Waals surface area contributed by atoms with Crippen molar-refractivity contribution in [2.75, 3.05) is 14.2 Å². The first-order valence-electron chi connectivity index (χ1n) is 6.50. The summed E-state index contributed by atoms with van der Waals surface area (Å²) >= 11 is 0. The van der Waals surface area contributed by atoms with Gasteiger partial charge in [-0.2, -0.15) is 0 Å². The quantitative estimate of drug-likeness (QED) is 0.873. The SMILES string of the molecule is COc1ccc(OC)c(C2(C)OC(NC(C)=O)=C(O)C2=O)c1. The summed E-state index contributed by atoms with van der Waals surface area (Å²) in [6.45, 7) is 2.73. The highest BCUT2D eigenvalue weighted by molar-refractivity contribution is 6.03. The molecule has 22 heavy (non-hydrogen) atoms. The lowest BCUT2D eigenvalue weighted by Crippen LogP contribution is -2.32. The van der Waals surface area contributed by atoms with E-state index in [1.165, 1.54) is 28.1 Å². The lowest BCUT2D eigenvalue weighted by molar-refractivity contribution is -0.132. The van der Waals surface area contributed by atoms with Crippen LogP contribution in [0.3, 0.4) is 0 Å². The van der Waals surface area contributed by atoms with E-state index in [-0.39, 0.29) is 5.88 Å². The number of benzene rings is 1. The number of aliphatic hydroxyl groups excluding tert-OH is 1. The van der Waals surface area contributed by atoms with Gasteiger partial charge >= 0.3 is 0 Å². The van der Waals surface area contributed by atoms with Gasteiger partial charge in [0.15, 0.2) is 0 Å². The van der Waals surface area contributed by atoms with Gasteiger partial charge < -0.3 is 19.3 Å². The van der Waals surface area contributed by atoms with E-state index in [9.17, 15) is 14.7 Å². The molecule has 1 heterocycles. The maximum absolute atomic E-state index is 12.4. The Morgan fingerprint density at radius 2 is 2.00 bits per heavy atom. The molecule has 1 aromatic carbocycles. The number of hydrogen-bond donors (Lipinski definition) is 2. The predicted molar refractivity (Wildman–Crippen MR) is 76.5 cm³/mol. The molecular formula is C15H17NO6. The Balaban J connectivity index is 2.49. The van der Waals surface area contributed by atoms with Crippen LogP contribution in [0.2, 0.25) is 0 Å². The van der Waals surface area contributed by atoms with Crippen molar-refractivity contribution in [2.24, 2.45) is 0 Å². The minimum absolute atomic E-state index is 0.273. The first kappa shape index (κ1) is 15.7. The normalized spacial score (nSPS) is 20.6. The Kier molecular flexibility index (Phi) is 3.99. The number of ketones is 1. The van der Waals surface area contributed by atoms with E-state index in [2.05, 4.69) is 5.32 Å². The van der Waals surface area contributed by atoms with Crippen LogP contribution in [0, 0.1) is 0 Å². The van der Waals surface area contributed by atoms with E-state index in [1.807, 2.05) is 0 Å². The fourth-order valence-electron chi connectivity index (χ4n) is 2.24. The van der Waals surface area contributed by atoms with E-state index >= 15 is 0 Å². The van der Waals surface area contributed by atoms with Crippen molar-refractivity contribution in [1.82, 2.24) is 5.32 Å². The molecule has 1 atom stereocenters. The number of amides is 1. The monoisotopic (exact) mass is 307 g/mol. The van der Waals surface area contributed by atoms with Gasteiger partial charge in [0.1, 0.15) is 11.5 Å². The summed E-state index contributed by atoms with van der Waals surface area (Å²) in [5.74, 6) is -1.15. The van der Waals surface area contributed by atoms with Gasteiger partial charge in [-0.1, -0.05) is 0 Å². The zero-order valence-corrected chi connectivity index (χ0v) is 12.7. The third kappa shape index (κ3) is 2.45. The van der Waals surface area contributed by atoms with Crippen molar-refractivity contribution >= 4 is 11.7 Å². The van der Waals surface area contributed by atoms with Gasteiger partial charge in [-0.15, -0.1) is 0 Å². The zero-order chi connectivity index (χ0) is 16.5. The van der Waals surface area contributed by atoms with Crippen LogP contribution in [0.4, 0.5) is 0 Å². The smallest absolute Gasteiger partial charge is 0.250 e.